The molecule has 1 aromatic rings. The monoisotopic (exact) mass is 266 g/mol. The fourth-order valence-electron chi connectivity index (χ4n) is 1.79. The zero-order valence-electron chi connectivity index (χ0n) is 11.6. The molecule has 0 saturated carbocycles. The Hall–Kier alpha value is -2.04. The molecule has 19 heavy (non-hydrogen) atoms. The molecule has 1 aromatic carbocycles. The molecule has 104 valence electrons. The van der Waals surface area contributed by atoms with Gasteiger partial charge in [-0.15, -0.1) is 0 Å². The summed E-state index contributed by atoms with van der Waals surface area (Å²) in [6, 6.07) is 3.21. The summed E-state index contributed by atoms with van der Waals surface area (Å²) in [5.74, 6) is -0.570. The summed E-state index contributed by atoms with van der Waals surface area (Å²) < 4.78 is 15.1. The second kappa shape index (κ2) is 6.78. The van der Waals surface area contributed by atoms with Crippen LogP contribution in [0.15, 0.2) is 12.1 Å². The van der Waals surface area contributed by atoms with Crippen LogP contribution >= 0.6 is 0 Å². The normalized spacial score (nSPS) is 9.89. The maximum atomic E-state index is 12.1. The highest BCUT2D eigenvalue weighted by molar-refractivity contribution is 6.41. The quantitative estimate of drug-likeness (QED) is 0.448. The molecular weight excluding hydrogens is 248 g/mol. The van der Waals surface area contributed by atoms with E-state index < -0.39 is 11.8 Å². The van der Waals surface area contributed by atoms with E-state index in [1.54, 1.807) is 13.0 Å². The number of esters is 1. The third-order valence-corrected chi connectivity index (χ3v) is 2.70. The van der Waals surface area contributed by atoms with Crippen LogP contribution in [-0.4, -0.2) is 32.6 Å². The van der Waals surface area contributed by atoms with Crippen molar-refractivity contribution in [2.75, 3.05) is 20.8 Å². The molecule has 0 bridgehead atoms. The van der Waals surface area contributed by atoms with Gasteiger partial charge in [-0.2, -0.15) is 0 Å². The molecule has 0 atom stereocenters. The summed E-state index contributed by atoms with van der Waals surface area (Å²) in [7, 11) is 2.99. The largest absolute Gasteiger partial charge is 0.497 e. The van der Waals surface area contributed by atoms with E-state index in [9.17, 15) is 9.59 Å². The maximum absolute atomic E-state index is 12.1. The number of benzene rings is 1. The van der Waals surface area contributed by atoms with Gasteiger partial charge in [0.15, 0.2) is 0 Å². The molecule has 5 heteroatoms. The number of ether oxygens (including phenoxy) is 3. The maximum Gasteiger partial charge on any atom is 0.379 e. The van der Waals surface area contributed by atoms with E-state index >= 15 is 0 Å². The minimum absolute atomic E-state index is 0.160. The Bertz CT molecular complexity index is 479. The Kier molecular flexibility index (Phi) is 5.36. The number of hydrogen-bond donors (Lipinski definition) is 0. The molecule has 0 aliphatic heterocycles. The van der Waals surface area contributed by atoms with Crippen molar-refractivity contribution in [3.05, 3.63) is 23.3 Å². The first-order valence-corrected chi connectivity index (χ1v) is 6.05. The summed E-state index contributed by atoms with van der Waals surface area (Å²) in [5.41, 5.74) is 0.929. The highest BCUT2D eigenvalue weighted by Gasteiger charge is 2.23. The van der Waals surface area contributed by atoms with Crippen LogP contribution in [0, 0.1) is 0 Å². The van der Waals surface area contributed by atoms with Crippen molar-refractivity contribution in [1.29, 1.82) is 0 Å². The molecule has 0 saturated heterocycles. The second-order valence-electron chi connectivity index (χ2n) is 3.76. The molecular formula is C14H18O5. The Balaban J connectivity index is 3.31. The van der Waals surface area contributed by atoms with E-state index in [1.165, 1.54) is 20.3 Å². The number of carbonyl (C=O) groups is 2. The van der Waals surface area contributed by atoms with Crippen molar-refractivity contribution in [3.63, 3.8) is 0 Å². The number of carbonyl (C=O) groups excluding carboxylic acids is 2. The molecule has 0 radical (unpaired) electrons. The van der Waals surface area contributed by atoms with E-state index in [0.29, 0.717) is 23.5 Å². The second-order valence-corrected chi connectivity index (χ2v) is 3.76. The predicted molar refractivity (Wildman–Crippen MR) is 69.9 cm³/mol. The van der Waals surface area contributed by atoms with Gasteiger partial charge in [-0.25, -0.2) is 4.79 Å². The van der Waals surface area contributed by atoms with Crippen LogP contribution < -0.4 is 9.47 Å². The van der Waals surface area contributed by atoms with E-state index in [-0.39, 0.29) is 12.2 Å². The molecule has 0 fully saturated rings. The first-order chi connectivity index (χ1) is 9.08. The minimum atomic E-state index is -0.868. The van der Waals surface area contributed by atoms with Crippen molar-refractivity contribution in [2.24, 2.45) is 0 Å². The molecule has 0 aliphatic carbocycles. The van der Waals surface area contributed by atoms with Crippen LogP contribution in [0.3, 0.4) is 0 Å². The van der Waals surface area contributed by atoms with Crippen molar-refractivity contribution >= 4 is 11.8 Å². The Morgan fingerprint density at radius 1 is 1.11 bits per heavy atom. The van der Waals surface area contributed by atoms with Gasteiger partial charge in [0.1, 0.15) is 11.5 Å². The topological polar surface area (TPSA) is 61.8 Å². The van der Waals surface area contributed by atoms with Crippen molar-refractivity contribution < 1.29 is 23.8 Å². The third-order valence-electron chi connectivity index (χ3n) is 2.70. The molecule has 5 nitrogen and oxygen atoms in total. The van der Waals surface area contributed by atoms with Crippen molar-refractivity contribution in [2.45, 2.75) is 20.3 Å². The van der Waals surface area contributed by atoms with E-state index in [4.69, 9.17) is 14.2 Å². The van der Waals surface area contributed by atoms with Gasteiger partial charge in [0.25, 0.3) is 5.78 Å². The van der Waals surface area contributed by atoms with Crippen LogP contribution in [-0.2, 0) is 16.0 Å². The summed E-state index contributed by atoms with van der Waals surface area (Å²) >= 11 is 0. The Labute approximate surface area is 112 Å². The van der Waals surface area contributed by atoms with Crippen LogP contribution in [0.1, 0.15) is 29.8 Å². The smallest absolute Gasteiger partial charge is 0.379 e. The molecule has 0 N–H and O–H groups in total. The third kappa shape index (κ3) is 3.24. The lowest BCUT2D eigenvalue weighted by Crippen LogP contribution is -2.19. The molecule has 0 amide bonds. The molecule has 0 spiro atoms. The number of rotatable bonds is 6. The number of Topliss-reactive ketones (excluding diaryl/α,β-unsaturated/α-hetero) is 1. The summed E-state index contributed by atoms with van der Waals surface area (Å²) in [4.78, 5) is 23.6. The lowest BCUT2D eigenvalue weighted by Gasteiger charge is -2.13. The van der Waals surface area contributed by atoms with Gasteiger partial charge in [-0.05, 0) is 19.4 Å². The van der Waals surface area contributed by atoms with Crippen molar-refractivity contribution in [1.82, 2.24) is 0 Å². The van der Waals surface area contributed by atoms with Gasteiger partial charge in [-0.1, -0.05) is 6.92 Å². The highest BCUT2D eigenvalue weighted by atomic mass is 16.5. The first-order valence-electron chi connectivity index (χ1n) is 6.05. The lowest BCUT2D eigenvalue weighted by atomic mass is 10.00. The summed E-state index contributed by atoms with van der Waals surface area (Å²) in [6.45, 7) is 3.69. The number of hydrogen-bond acceptors (Lipinski definition) is 5. The van der Waals surface area contributed by atoms with Gasteiger partial charge >= 0.3 is 5.97 Å². The standard InChI is InChI=1S/C14H18O5/c1-5-10-11(13(15)14(16)19-6-2)7-9(17-3)8-12(10)18-4/h7-8H,5-6H2,1-4H3. The average Bonchev–Trinajstić information content (AvgIpc) is 2.44. The van der Waals surface area contributed by atoms with Gasteiger partial charge in [0, 0.05) is 17.2 Å². The number of methoxy groups -OCH3 is 2. The zero-order chi connectivity index (χ0) is 14.4. The fourth-order valence-corrected chi connectivity index (χ4v) is 1.79. The average molecular weight is 266 g/mol. The van der Waals surface area contributed by atoms with E-state index in [1.807, 2.05) is 6.92 Å². The Morgan fingerprint density at radius 3 is 2.26 bits per heavy atom. The predicted octanol–water partition coefficient (Wildman–Crippen LogP) is 2.01. The zero-order valence-corrected chi connectivity index (χ0v) is 11.6. The SMILES string of the molecule is CCOC(=O)C(=O)c1cc(OC)cc(OC)c1CC. The van der Waals surface area contributed by atoms with E-state index in [2.05, 4.69) is 0 Å². The van der Waals surface area contributed by atoms with Crippen molar-refractivity contribution in [3.8, 4) is 11.5 Å². The van der Waals surface area contributed by atoms with Gasteiger partial charge in [0.2, 0.25) is 0 Å². The summed E-state index contributed by atoms with van der Waals surface area (Å²) in [5, 5.41) is 0. The minimum Gasteiger partial charge on any atom is -0.497 e. The molecule has 0 unspecified atom stereocenters. The summed E-state index contributed by atoms with van der Waals surface area (Å²) in [6.07, 6.45) is 0.563. The molecule has 0 aromatic heterocycles. The van der Waals surface area contributed by atoms with Gasteiger partial charge in [-0.3, -0.25) is 4.79 Å². The fraction of sp³-hybridized carbons (Fsp3) is 0.429. The van der Waals surface area contributed by atoms with E-state index in [0.717, 1.165) is 0 Å². The first kappa shape index (κ1) is 15.0. The molecule has 0 heterocycles. The molecule has 1 rings (SSSR count). The van der Waals surface area contributed by atoms with Crippen LogP contribution in [0.5, 0.6) is 11.5 Å². The Morgan fingerprint density at radius 2 is 1.79 bits per heavy atom. The van der Waals surface area contributed by atoms with Crippen LogP contribution in [0.2, 0.25) is 0 Å². The lowest BCUT2D eigenvalue weighted by molar-refractivity contribution is -0.137. The number of ketones is 1. The highest BCUT2D eigenvalue weighted by Crippen LogP contribution is 2.29. The van der Waals surface area contributed by atoms with Crippen LogP contribution in [0.4, 0.5) is 0 Å². The molecule has 0 aliphatic rings. The van der Waals surface area contributed by atoms with Gasteiger partial charge in [0.05, 0.1) is 20.8 Å². The van der Waals surface area contributed by atoms with Gasteiger partial charge < -0.3 is 14.2 Å². The van der Waals surface area contributed by atoms with Crippen LogP contribution in [0.25, 0.3) is 0 Å².